The molecule has 0 saturated heterocycles. The van der Waals surface area contributed by atoms with Gasteiger partial charge in [0.2, 0.25) is 11.9 Å². The zero-order chi connectivity index (χ0) is 24.4. The quantitative estimate of drug-likeness (QED) is 0.385. The Bertz CT molecular complexity index is 1330. The van der Waals surface area contributed by atoms with Crippen molar-refractivity contribution >= 4 is 23.1 Å². The predicted octanol–water partition coefficient (Wildman–Crippen LogP) is 3.92. The number of imidazole rings is 1. The standard InChI is InChI=1S/C24H25FN8O2/c1-3-11-35-15-31-14-18(12-28-31)33-20(4-2)23(34)29-19-13-27-24(30-22(19)33)32-10-9-26-21(32)16-5-7-17(25)8-6-16/h5-10,12-14,20H,3-4,11,15H2,1-2H3,(H,29,34). The minimum absolute atomic E-state index is 0.138. The number of ether oxygens (including phenoxy) is 1. The number of hydrogen-bond donors (Lipinski definition) is 1. The Morgan fingerprint density at radius 1 is 1.14 bits per heavy atom. The highest BCUT2D eigenvalue weighted by atomic mass is 19.1. The summed E-state index contributed by atoms with van der Waals surface area (Å²) in [5, 5.41) is 7.30. The molecule has 1 unspecified atom stereocenters. The summed E-state index contributed by atoms with van der Waals surface area (Å²) in [5.74, 6) is 1.03. The van der Waals surface area contributed by atoms with E-state index in [1.807, 2.05) is 24.9 Å². The van der Waals surface area contributed by atoms with Crippen LogP contribution in [0.1, 0.15) is 26.7 Å². The number of anilines is 3. The van der Waals surface area contributed by atoms with Crippen molar-refractivity contribution in [2.45, 2.75) is 39.5 Å². The molecule has 3 aromatic heterocycles. The van der Waals surface area contributed by atoms with Gasteiger partial charge < -0.3 is 15.0 Å². The molecular formula is C24H25FN8O2. The molecule has 1 amide bonds. The summed E-state index contributed by atoms with van der Waals surface area (Å²) in [6, 6.07) is 5.60. The van der Waals surface area contributed by atoms with Crippen LogP contribution >= 0.6 is 0 Å². The average Bonchev–Trinajstić information content (AvgIpc) is 3.54. The van der Waals surface area contributed by atoms with Crippen molar-refractivity contribution in [3.8, 4) is 17.3 Å². The second-order valence-corrected chi connectivity index (χ2v) is 8.09. The number of nitrogens with one attached hydrogen (secondary N) is 1. The maximum atomic E-state index is 13.4. The van der Waals surface area contributed by atoms with Gasteiger partial charge in [-0.15, -0.1) is 0 Å². The molecule has 4 heterocycles. The summed E-state index contributed by atoms with van der Waals surface area (Å²) >= 11 is 0. The number of hydrogen-bond acceptors (Lipinski definition) is 7. The third kappa shape index (κ3) is 4.37. The molecule has 0 saturated carbocycles. The molecule has 1 atom stereocenters. The Kier molecular flexibility index (Phi) is 6.23. The molecule has 1 aliphatic heterocycles. The van der Waals surface area contributed by atoms with Crippen LogP contribution in [-0.4, -0.2) is 47.9 Å². The fourth-order valence-electron chi connectivity index (χ4n) is 4.03. The Morgan fingerprint density at radius 2 is 1.97 bits per heavy atom. The first kappa shape index (κ1) is 22.7. The number of rotatable bonds is 8. The van der Waals surface area contributed by atoms with Gasteiger partial charge in [-0.3, -0.25) is 9.36 Å². The number of fused-ring (bicyclic) bond motifs is 1. The first-order valence-corrected chi connectivity index (χ1v) is 11.5. The van der Waals surface area contributed by atoms with Crippen LogP contribution in [0.4, 0.5) is 21.6 Å². The molecule has 0 bridgehead atoms. The van der Waals surface area contributed by atoms with E-state index in [0.717, 1.165) is 17.7 Å². The number of carbonyl (C=O) groups is 1. The van der Waals surface area contributed by atoms with E-state index in [0.29, 0.717) is 43.0 Å². The lowest BCUT2D eigenvalue weighted by atomic mass is 10.1. The zero-order valence-electron chi connectivity index (χ0n) is 19.4. The van der Waals surface area contributed by atoms with Gasteiger partial charge in [0.25, 0.3) is 0 Å². The Morgan fingerprint density at radius 3 is 2.74 bits per heavy atom. The van der Waals surface area contributed by atoms with E-state index in [1.165, 1.54) is 12.1 Å². The van der Waals surface area contributed by atoms with Gasteiger partial charge in [-0.05, 0) is 37.1 Å². The van der Waals surface area contributed by atoms with Gasteiger partial charge in [0.05, 0.1) is 24.3 Å². The molecule has 0 radical (unpaired) electrons. The van der Waals surface area contributed by atoms with Crippen LogP contribution in [0.15, 0.2) is 55.2 Å². The molecule has 11 heteroatoms. The lowest BCUT2D eigenvalue weighted by Gasteiger charge is -2.35. The van der Waals surface area contributed by atoms with E-state index in [-0.39, 0.29) is 11.7 Å². The van der Waals surface area contributed by atoms with Gasteiger partial charge in [0.15, 0.2) is 5.82 Å². The van der Waals surface area contributed by atoms with Gasteiger partial charge in [-0.25, -0.2) is 19.0 Å². The average molecular weight is 477 g/mol. The highest BCUT2D eigenvalue weighted by Crippen LogP contribution is 2.37. The Labute approximate surface area is 201 Å². The number of halogens is 1. The molecule has 0 spiro atoms. The topological polar surface area (TPSA) is 103 Å². The zero-order valence-corrected chi connectivity index (χ0v) is 19.4. The van der Waals surface area contributed by atoms with Crippen molar-refractivity contribution in [1.29, 1.82) is 0 Å². The smallest absolute Gasteiger partial charge is 0.247 e. The molecule has 35 heavy (non-hydrogen) atoms. The number of benzene rings is 1. The van der Waals surface area contributed by atoms with Gasteiger partial charge in [0, 0.05) is 24.6 Å². The highest BCUT2D eigenvalue weighted by molar-refractivity contribution is 6.04. The van der Waals surface area contributed by atoms with E-state index in [1.54, 1.807) is 46.2 Å². The highest BCUT2D eigenvalue weighted by Gasteiger charge is 2.35. The first-order valence-electron chi connectivity index (χ1n) is 11.5. The van der Waals surface area contributed by atoms with E-state index >= 15 is 0 Å². The number of nitrogens with zero attached hydrogens (tertiary/aromatic N) is 7. The summed E-state index contributed by atoms with van der Waals surface area (Å²) in [4.78, 5) is 28.4. The molecule has 10 nitrogen and oxygen atoms in total. The minimum Gasteiger partial charge on any atom is -0.359 e. The van der Waals surface area contributed by atoms with Gasteiger partial charge in [-0.1, -0.05) is 13.8 Å². The third-order valence-electron chi connectivity index (χ3n) is 5.67. The fraction of sp³-hybridized carbons (Fsp3) is 0.292. The van der Waals surface area contributed by atoms with Crippen molar-refractivity contribution in [2.75, 3.05) is 16.8 Å². The van der Waals surface area contributed by atoms with Crippen LogP contribution in [0.5, 0.6) is 0 Å². The van der Waals surface area contributed by atoms with E-state index in [2.05, 4.69) is 20.4 Å². The summed E-state index contributed by atoms with van der Waals surface area (Å²) < 4.78 is 22.4. The molecule has 0 aliphatic carbocycles. The van der Waals surface area contributed by atoms with Crippen molar-refractivity contribution < 1.29 is 13.9 Å². The minimum atomic E-state index is -0.473. The number of carbonyl (C=O) groups excluding carboxylic acids is 1. The monoisotopic (exact) mass is 476 g/mol. The Hall–Kier alpha value is -4.12. The van der Waals surface area contributed by atoms with Crippen LogP contribution in [0.2, 0.25) is 0 Å². The Balaban J connectivity index is 1.55. The van der Waals surface area contributed by atoms with Crippen LogP contribution in [-0.2, 0) is 16.3 Å². The lowest BCUT2D eigenvalue weighted by Crippen LogP contribution is -2.45. The van der Waals surface area contributed by atoms with Crippen LogP contribution in [0.25, 0.3) is 17.3 Å². The molecule has 180 valence electrons. The van der Waals surface area contributed by atoms with E-state index in [9.17, 15) is 9.18 Å². The molecular weight excluding hydrogens is 451 g/mol. The maximum absolute atomic E-state index is 13.4. The summed E-state index contributed by atoms with van der Waals surface area (Å²) in [7, 11) is 0. The SMILES string of the molecule is CCCOCn1cc(N2c3nc(-n4ccnc4-c4ccc(F)cc4)ncc3NC(=O)C2CC)cn1. The van der Waals surface area contributed by atoms with Gasteiger partial charge >= 0.3 is 0 Å². The number of aromatic nitrogens is 6. The lowest BCUT2D eigenvalue weighted by molar-refractivity contribution is -0.117. The first-order chi connectivity index (χ1) is 17.1. The van der Waals surface area contributed by atoms with Crippen molar-refractivity contribution in [3.63, 3.8) is 0 Å². The van der Waals surface area contributed by atoms with Crippen LogP contribution < -0.4 is 10.2 Å². The predicted molar refractivity (Wildman–Crippen MR) is 128 cm³/mol. The third-order valence-corrected chi connectivity index (χ3v) is 5.67. The largest absolute Gasteiger partial charge is 0.359 e. The molecule has 1 aromatic carbocycles. The van der Waals surface area contributed by atoms with Crippen molar-refractivity contribution in [1.82, 2.24) is 29.3 Å². The second-order valence-electron chi connectivity index (χ2n) is 8.09. The molecule has 4 aromatic rings. The van der Waals surface area contributed by atoms with Crippen molar-refractivity contribution in [2.24, 2.45) is 0 Å². The molecule has 0 fully saturated rings. The molecule has 1 N–H and O–H groups in total. The van der Waals surface area contributed by atoms with E-state index in [4.69, 9.17) is 9.72 Å². The summed E-state index contributed by atoms with van der Waals surface area (Å²) in [6.45, 7) is 4.95. The van der Waals surface area contributed by atoms with Crippen LogP contribution in [0, 0.1) is 5.82 Å². The van der Waals surface area contributed by atoms with Crippen molar-refractivity contribution in [3.05, 3.63) is 61.1 Å². The van der Waals surface area contributed by atoms with Crippen LogP contribution in [0.3, 0.4) is 0 Å². The summed E-state index contributed by atoms with van der Waals surface area (Å²) in [5.41, 5.74) is 1.95. The number of amides is 1. The molecule has 1 aliphatic rings. The fourth-order valence-corrected chi connectivity index (χ4v) is 4.03. The molecule has 5 rings (SSSR count). The van der Waals surface area contributed by atoms with Gasteiger partial charge in [-0.2, -0.15) is 10.1 Å². The second kappa shape index (κ2) is 9.63. The normalized spacial score (nSPS) is 15.2. The van der Waals surface area contributed by atoms with E-state index < -0.39 is 6.04 Å². The van der Waals surface area contributed by atoms with Gasteiger partial charge in [0.1, 0.15) is 30.1 Å². The summed E-state index contributed by atoms with van der Waals surface area (Å²) in [6.07, 6.45) is 9.97. The maximum Gasteiger partial charge on any atom is 0.247 e.